The largest absolute Gasteiger partial charge is 0.416 e. The van der Waals surface area contributed by atoms with E-state index in [0.29, 0.717) is 28.8 Å². The summed E-state index contributed by atoms with van der Waals surface area (Å²) in [5.74, 6) is -0.134. The van der Waals surface area contributed by atoms with Gasteiger partial charge in [0, 0.05) is 23.4 Å². The summed E-state index contributed by atoms with van der Waals surface area (Å²) in [6, 6.07) is 11.2. The van der Waals surface area contributed by atoms with Crippen molar-refractivity contribution >= 4 is 11.5 Å². The molecule has 3 N–H and O–H groups in total. The second kappa shape index (κ2) is 7.49. The smallest absolute Gasteiger partial charge is 0.358 e. The summed E-state index contributed by atoms with van der Waals surface area (Å²) in [5.41, 5.74) is 8.69. The molecule has 0 amide bonds. The number of rotatable bonds is 4. The van der Waals surface area contributed by atoms with Crippen molar-refractivity contribution in [2.24, 2.45) is 5.73 Å². The number of benzene rings is 2. The van der Waals surface area contributed by atoms with Crippen molar-refractivity contribution in [2.45, 2.75) is 32.0 Å². The van der Waals surface area contributed by atoms with E-state index in [4.69, 9.17) is 11.0 Å². The third-order valence-electron chi connectivity index (χ3n) is 4.76. The number of alkyl halides is 3. The highest BCUT2D eigenvalue weighted by Crippen LogP contribution is 2.35. The number of nitrogens with one attached hydrogen (secondary N) is 1. The van der Waals surface area contributed by atoms with E-state index < -0.39 is 17.8 Å². The first kappa shape index (κ1) is 19.6. The molecule has 1 aliphatic carbocycles. The van der Waals surface area contributed by atoms with Crippen molar-refractivity contribution in [2.75, 3.05) is 5.32 Å². The van der Waals surface area contributed by atoms with Gasteiger partial charge in [-0.15, -0.1) is 0 Å². The molecule has 0 aromatic heterocycles. The Morgan fingerprint density at radius 1 is 1.18 bits per heavy atom. The fourth-order valence-electron chi connectivity index (χ4n) is 3.36. The predicted molar refractivity (Wildman–Crippen MR) is 99.2 cm³/mol. The Labute approximate surface area is 160 Å². The number of hydrogen-bond donors (Lipinski definition) is 2. The van der Waals surface area contributed by atoms with Crippen molar-refractivity contribution < 1.29 is 18.0 Å². The van der Waals surface area contributed by atoms with E-state index in [2.05, 4.69) is 5.32 Å². The highest BCUT2D eigenvalue weighted by atomic mass is 19.4. The van der Waals surface area contributed by atoms with Gasteiger partial charge >= 0.3 is 6.18 Å². The maximum Gasteiger partial charge on any atom is 0.416 e. The highest BCUT2D eigenvalue weighted by Gasteiger charge is 2.32. The molecule has 4 nitrogen and oxygen atoms in total. The molecule has 1 atom stereocenters. The molecule has 0 radical (unpaired) electrons. The Bertz CT molecular complexity index is 1000. The van der Waals surface area contributed by atoms with E-state index in [1.165, 1.54) is 12.1 Å². The van der Waals surface area contributed by atoms with Gasteiger partial charge in [0.1, 0.15) is 0 Å². The van der Waals surface area contributed by atoms with Gasteiger partial charge in [-0.3, -0.25) is 4.79 Å². The van der Waals surface area contributed by atoms with Crippen LogP contribution in [0.1, 0.15) is 41.1 Å². The van der Waals surface area contributed by atoms with Gasteiger partial charge in [-0.2, -0.15) is 18.4 Å². The first-order valence-corrected chi connectivity index (χ1v) is 8.67. The predicted octanol–water partition coefficient (Wildman–Crippen LogP) is 4.61. The molecule has 0 bridgehead atoms. The highest BCUT2D eigenvalue weighted by molar-refractivity contribution is 6.00. The molecule has 0 saturated carbocycles. The number of carbonyl (C=O) groups excluding carboxylic acids is 1. The number of nitrogens with zero attached hydrogens (tertiary/aromatic N) is 1. The monoisotopic (exact) mass is 385 g/mol. The average Bonchev–Trinajstić information content (AvgIpc) is 3.00. The normalized spacial score (nSPS) is 15.5. The maximum absolute atomic E-state index is 12.9. The standard InChI is InChI=1S/C21H18F3N3O/c1-12-9-13(11-25)5-6-16(12)20(26)19-17(7-8-18(19)28)27-15-4-2-3-14(10-15)21(22,23)24/h2-6,9-10,20,27H,7-8,26H2,1H3. The summed E-state index contributed by atoms with van der Waals surface area (Å²) in [6.45, 7) is 1.80. The van der Waals surface area contributed by atoms with Gasteiger partial charge in [-0.25, -0.2) is 0 Å². The maximum atomic E-state index is 12.9. The number of carbonyl (C=O) groups is 1. The van der Waals surface area contributed by atoms with Crippen LogP contribution in [0.5, 0.6) is 0 Å². The molecule has 0 aliphatic heterocycles. The Hall–Kier alpha value is -3.11. The zero-order valence-electron chi connectivity index (χ0n) is 15.1. The molecule has 2 aromatic rings. The molecule has 7 heteroatoms. The molecular weight excluding hydrogens is 367 g/mol. The van der Waals surface area contributed by atoms with Gasteiger partial charge in [0.05, 0.1) is 23.2 Å². The van der Waals surface area contributed by atoms with Crippen molar-refractivity contribution in [1.82, 2.24) is 0 Å². The minimum Gasteiger partial charge on any atom is -0.358 e. The van der Waals surface area contributed by atoms with E-state index in [1.807, 2.05) is 6.07 Å². The van der Waals surface area contributed by atoms with E-state index in [-0.39, 0.29) is 17.9 Å². The van der Waals surface area contributed by atoms with Crippen molar-refractivity contribution in [1.29, 1.82) is 5.26 Å². The summed E-state index contributed by atoms with van der Waals surface area (Å²) < 4.78 is 38.8. The van der Waals surface area contributed by atoms with E-state index >= 15 is 0 Å². The first-order valence-electron chi connectivity index (χ1n) is 8.67. The minimum atomic E-state index is -4.45. The molecular formula is C21H18F3N3O. The quantitative estimate of drug-likeness (QED) is 0.805. The van der Waals surface area contributed by atoms with Gasteiger partial charge in [0.25, 0.3) is 0 Å². The number of Topliss-reactive ketones (excluding diaryl/α,β-unsaturated/α-hetero) is 1. The lowest BCUT2D eigenvalue weighted by Gasteiger charge is -2.19. The number of halogens is 3. The van der Waals surface area contributed by atoms with Crippen LogP contribution in [0.15, 0.2) is 53.7 Å². The third-order valence-corrected chi connectivity index (χ3v) is 4.76. The molecule has 1 unspecified atom stereocenters. The third kappa shape index (κ3) is 3.92. The van der Waals surface area contributed by atoms with Gasteiger partial charge in [-0.1, -0.05) is 12.1 Å². The van der Waals surface area contributed by atoms with E-state index in [0.717, 1.165) is 17.7 Å². The molecule has 28 heavy (non-hydrogen) atoms. The minimum absolute atomic E-state index is 0.134. The molecule has 0 spiro atoms. The average molecular weight is 385 g/mol. The summed E-state index contributed by atoms with van der Waals surface area (Å²) >= 11 is 0. The zero-order chi connectivity index (χ0) is 20.5. The van der Waals surface area contributed by atoms with Crippen LogP contribution in [-0.4, -0.2) is 5.78 Å². The lowest BCUT2D eigenvalue weighted by atomic mass is 9.93. The Balaban J connectivity index is 1.96. The number of nitrogens with two attached hydrogens (primary N) is 1. The Morgan fingerprint density at radius 2 is 1.93 bits per heavy atom. The van der Waals surface area contributed by atoms with Crippen molar-refractivity contribution in [3.63, 3.8) is 0 Å². The Morgan fingerprint density at radius 3 is 2.57 bits per heavy atom. The van der Waals surface area contributed by atoms with Crippen molar-refractivity contribution in [3.05, 3.63) is 76.0 Å². The lowest BCUT2D eigenvalue weighted by Crippen LogP contribution is -2.20. The van der Waals surface area contributed by atoms with Crippen LogP contribution in [0.4, 0.5) is 18.9 Å². The fourth-order valence-corrected chi connectivity index (χ4v) is 3.36. The summed E-state index contributed by atoms with van der Waals surface area (Å²) in [4.78, 5) is 12.4. The van der Waals surface area contributed by atoms with Crippen LogP contribution in [0.25, 0.3) is 0 Å². The van der Waals surface area contributed by atoms with Gasteiger partial charge in [-0.05, 0) is 54.8 Å². The number of allylic oxidation sites excluding steroid dienone is 1. The van der Waals surface area contributed by atoms with Crippen LogP contribution in [-0.2, 0) is 11.0 Å². The van der Waals surface area contributed by atoms with E-state index in [1.54, 1.807) is 25.1 Å². The molecule has 1 aliphatic rings. The fraction of sp³-hybridized carbons (Fsp3) is 0.238. The molecule has 0 heterocycles. The molecule has 3 rings (SSSR count). The lowest BCUT2D eigenvalue weighted by molar-refractivity contribution is -0.137. The van der Waals surface area contributed by atoms with Crippen LogP contribution in [0, 0.1) is 18.3 Å². The summed E-state index contributed by atoms with van der Waals surface area (Å²) in [5, 5.41) is 11.9. The number of ketones is 1. The molecule has 0 saturated heterocycles. The van der Waals surface area contributed by atoms with Crippen LogP contribution >= 0.6 is 0 Å². The molecule has 2 aromatic carbocycles. The second-order valence-corrected chi connectivity index (χ2v) is 6.68. The van der Waals surface area contributed by atoms with Gasteiger partial charge in [0.2, 0.25) is 0 Å². The zero-order valence-corrected chi connectivity index (χ0v) is 15.1. The number of nitriles is 1. The van der Waals surface area contributed by atoms with E-state index in [9.17, 15) is 18.0 Å². The summed E-state index contributed by atoms with van der Waals surface area (Å²) in [7, 11) is 0. The van der Waals surface area contributed by atoms with Crippen LogP contribution in [0.2, 0.25) is 0 Å². The molecule has 0 fully saturated rings. The van der Waals surface area contributed by atoms with Crippen molar-refractivity contribution in [3.8, 4) is 6.07 Å². The van der Waals surface area contributed by atoms with Crippen LogP contribution in [0.3, 0.4) is 0 Å². The first-order chi connectivity index (χ1) is 13.2. The van der Waals surface area contributed by atoms with Gasteiger partial charge < -0.3 is 11.1 Å². The van der Waals surface area contributed by atoms with Crippen LogP contribution < -0.4 is 11.1 Å². The second-order valence-electron chi connectivity index (χ2n) is 6.68. The number of aryl methyl sites for hydroxylation is 1. The van der Waals surface area contributed by atoms with Gasteiger partial charge in [0.15, 0.2) is 5.78 Å². The Kier molecular flexibility index (Phi) is 5.25. The number of anilines is 1. The molecule has 144 valence electrons. The topological polar surface area (TPSA) is 78.9 Å². The number of hydrogen-bond acceptors (Lipinski definition) is 4. The SMILES string of the molecule is Cc1cc(C#N)ccc1C(N)C1=C(Nc2cccc(C(F)(F)F)c2)CCC1=O. The summed E-state index contributed by atoms with van der Waals surface area (Å²) in [6.07, 6.45) is -3.82.